The smallest absolute Gasteiger partial charge is 0.414 e. The number of hydroxylamine groups is 1. The average Bonchev–Trinajstić information content (AvgIpc) is 2.38. The summed E-state index contributed by atoms with van der Waals surface area (Å²) in [6.45, 7) is 1.99. The third kappa shape index (κ3) is 6.53. The predicted molar refractivity (Wildman–Crippen MR) is 72.9 cm³/mol. The Morgan fingerprint density at radius 3 is 2.55 bits per heavy atom. The second-order valence-corrected chi connectivity index (χ2v) is 4.49. The number of hydrogen-bond acceptors (Lipinski definition) is 4. The Bertz CT molecular complexity index is 507. The Kier molecular flexibility index (Phi) is 6.29. The van der Waals surface area contributed by atoms with Crippen LogP contribution in [-0.4, -0.2) is 32.0 Å². The first-order valence-corrected chi connectivity index (χ1v) is 6.31. The van der Waals surface area contributed by atoms with E-state index in [0.717, 1.165) is 0 Å². The van der Waals surface area contributed by atoms with E-state index in [2.05, 4.69) is 10.2 Å². The third-order valence-electron chi connectivity index (χ3n) is 2.20. The molecule has 0 saturated carbocycles. The fourth-order valence-corrected chi connectivity index (χ4v) is 1.42. The van der Waals surface area contributed by atoms with Crippen molar-refractivity contribution in [3.8, 4) is 11.5 Å². The Hall–Kier alpha value is -2.16. The van der Waals surface area contributed by atoms with Crippen LogP contribution >= 0.6 is 0 Å². The molecule has 1 rings (SSSR count). The van der Waals surface area contributed by atoms with E-state index in [9.17, 15) is 18.0 Å². The topological polar surface area (TPSA) is 68.8 Å². The predicted octanol–water partition coefficient (Wildman–Crippen LogP) is 3.10. The molecule has 0 aliphatic heterocycles. The van der Waals surface area contributed by atoms with Gasteiger partial charge in [0.15, 0.2) is 6.61 Å². The minimum atomic E-state index is -4.53. The minimum absolute atomic E-state index is 0.154. The van der Waals surface area contributed by atoms with Gasteiger partial charge in [-0.2, -0.15) is 13.2 Å². The zero-order chi connectivity index (χ0) is 16.8. The van der Waals surface area contributed by atoms with Crippen molar-refractivity contribution in [2.45, 2.75) is 26.1 Å². The molecule has 1 aromatic carbocycles. The molecular weight excluding hydrogens is 305 g/mol. The van der Waals surface area contributed by atoms with Gasteiger partial charge in [-0.25, -0.2) is 10.3 Å². The Morgan fingerprint density at radius 2 is 2.00 bits per heavy atom. The van der Waals surface area contributed by atoms with E-state index in [1.807, 2.05) is 0 Å². The van der Waals surface area contributed by atoms with Crippen molar-refractivity contribution in [2.75, 3.05) is 19.0 Å². The van der Waals surface area contributed by atoms with Crippen LogP contribution in [0.3, 0.4) is 0 Å². The molecule has 0 radical (unpaired) electrons. The molecule has 0 aromatic heterocycles. The molecule has 0 spiro atoms. The van der Waals surface area contributed by atoms with Crippen molar-refractivity contribution in [1.29, 1.82) is 0 Å². The number of carbonyl (C=O) groups is 1. The molecule has 2 amide bonds. The molecule has 0 atom stereocenters. The lowest BCUT2D eigenvalue weighted by molar-refractivity contribution is -0.183. The zero-order valence-corrected chi connectivity index (χ0v) is 12.3. The molecular formula is C13H17F3N2O4. The standard InChI is InChI=1S/C13H17F3N2O4/c1-8(2)22-11-5-4-9(20-3)6-10(11)17-12(19)18-21-7-13(14,15)16/h4-6,8H,7H2,1-3H3,(H2,17,18,19). The van der Waals surface area contributed by atoms with Gasteiger partial charge in [0.2, 0.25) is 0 Å². The van der Waals surface area contributed by atoms with Crippen LogP contribution in [0.25, 0.3) is 0 Å². The SMILES string of the molecule is COc1ccc(OC(C)C)c(NC(=O)NOCC(F)(F)F)c1. The molecule has 1 aromatic rings. The summed E-state index contributed by atoms with van der Waals surface area (Å²) >= 11 is 0. The van der Waals surface area contributed by atoms with Gasteiger partial charge in [-0.05, 0) is 26.0 Å². The summed E-state index contributed by atoms with van der Waals surface area (Å²) in [5.74, 6) is 0.796. The van der Waals surface area contributed by atoms with Crippen molar-refractivity contribution in [3.63, 3.8) is 0 Å². The number of benzene rings is 1. The van der Waals surface area contributed by atoms with Gasteiger partial charge >= 0.3 is 12.2 Å². The highest BCUT2D eigenvalue weighted by molar-refractivity contribution is 5.90. The fourth-order valence-electron chi connectivity index (χ4n) is 1.42. The van der Waals surface area contributed by atoms with Crippen LogP contribution in [0.4, 0.5) is 23.7 Å². The second-order valence-electron chi connectivity index (χ2n) is 4.49. The van der Waals surface area contributed by atoms with Crippen LogP contribution in [0.15, 0.2) is 18.2 Å². The van der Waals surface area contributed by atoms with Crippen molar-refractivity contribution >= 4 is 11.7 Å². The van der Waals surface area contributed by atoms with Gasteiger partial charge in [0.05, 0.1) is 18.9 Å². The molecule has 0 heterocycles. The number of anilines is 1. The van der Waals surface area contributed by atoms with Gasteiger partial charge < -0.3 is 14.8 Å². The van der Waals surface area contributed by atoms with E-state index in [0.29, 0.717) is 11.5 Å². The second kappa shape index (κ2) is 7.74. The average molecular weight is 322 g/mol. The van der Waals surface area contributed by atoms with Crippen molar-refractivity contribution in [2.24, 2.45) is 0 Å². The first-order valence-electron chi connectivity index (χ1n) is 6.31. The molecule has 0 aliphatic carbocycles. The maximum atomic E-state index is 11.9. The molecule has 22 heavy (non-hydrogen) atoms. The summed E-state index contributed by atoms with van der Waals surface area (Å²) < 4.78 is 46.2. The summed E-state index contributed by atoms with van der Waals surface area (Å²) in [5, 5.41) is 2.33. The van der Waals surface area contributed by atoms with Crippen LogP contribution < -0.4 is 20.3 Å². The summed E-state index contributed by atoms with van der Waals surface area (Å²) in [6.07, 6.45) is -4.69. The van der Waals surface area contributed by atoms with Gasteiger partial charge in [-0.15, -0.1) is 0 Å². The number of urea groups is 1. The van der Waals surface area contributed by atoms with Crippen LogP contribution in [0, 0.1) is 0 Å². The Morgan fingerprint density at radius 1 is 1.32 bits per heavy atom. The number of rotatable bonds is 6. The molecule has 0 saturated heterocycles. The Balaban J connectivity index is 2.71. The number of ether oxygens (including phenoxy) is 2. The highest BCUT2D eigenvalue weighted by Gasteiger charge is 2.28. The molecule has 124 valence electrons. The van der Waals surface area contributed by atoms with Gasteiger partial charge in [0, 0.05) is 6.07 Å². The first-order chi connectivity index (χ1) is 10.2. The first kappa shape index (κ1) is 17.9. The monoisotopic (exact) mass is 322 g/mol. The highest BCUT2D eigenvalue weighted by atomic mass is 19.4. The summed E-state index contributed by atoms with van der Waals surface area (Å²) in [4.78, 5) is 15.6. The van der Waals surface area contributed by atoms with Gasteiger partial charge in [-0.1, -0.05) is 0 Å². The highest BCUT2D eigenvalue weighted by Crippen LogP contribution is 2.30. The lowest BCUT2D eigenvalue weighted by Gasteiger charge is -2.16. The summed E-state index contributed by atoms with van der Waals surface area (Å²) in [5.41, 5.74) is 1.88. The number of amides is 2. The van der Waals surface area contributed by atoms with Gasteiger partial charge in [0.25, 0.3) is 0 Å². The minimum Gasteiger partial charge on any atom is -0.497 e. The van der Waals surface area contributed by atoms with E-state index >= 15 is 0 Å². The molecule has 0 aliphatic rings. The van der Waals surface area contributed by atoms with E-state index in [1.54, 1.807) is 31.5 Å². The van der Waals surface area contributed by atoms with Crippen LogP contribution in [0.1, 0.15) is 13.8 Å². The van der Waals surface area contributed by atoms with E-state index in [-0.39, 0.29) is 11.8 Å². The van der Waals surface area contributed by atoms with E-state index in [1.165, 1.54) is 13.2 Å². The summed E-state index contributed by atoms with van der Waals surface area (Å²) in [7, 11) is 1.44. The van der Waals surface area contributed by atoms with Crippen molar-refractivity contribution in [3.05, 3.63) is 18.2 Å². The number of carbonyl (C=O) groups excluding carboxylic acids is 1. The molecule has 2 N–H and O–H groups in total. The number of alkyl halides is 3. The van der Waals surface area contributed by atoms with Gasteiger partial charge in [0.1, 0.15) is 11.5 Å². The molecule has 0 unspecified atom stereocenters. The van der Waals surface area contributed by atoms with Gasteiger partial charge in [-0.3, -0.25) is 4.84 Å². The molecule has 6 nitrogen and oxygen atoms in total. The van der Waals surface area contributed by atoms with Crippen LogP contribution in [-0.2, 0) is 4.84 Å². The van der Waals surface area contributed by atoms with Crippen molar-refractivity contribution < 1.29 is 32.3 Å². The third-order valence-corrected chi connectivity index (χ3v) is 2.20. The summed E-state index contributed by atoms with van der Waals surface area (Å²) in [6, 6.07) is 3.71. The zero-order valence-electron chi connectivity index (χ0n) is 12.3. The van der Waals surface area contributed by atoms with Crippen LogP contribution in [0.5, 0.6) is 11.5 Å². The van der Waals surface area contributed by atoms with E-state index in [4.69, 9.17) is 9.47 Å². The normalized spacial score (nSPS) is 11.2. The lowest BCUT2D eigenvalue weighted by Crippen LogP contribution is -2.33. The maximum absolute atomic E-state index is 11.9. The Labute approximate surface area is 125 Å². The number of nitrogens with one attached hydrogen (secondary N) is 2. The maximum Gasteiger partial charge on any atom is 0.414 e. The quantitative estimate of drug-likeness (QED) is 0.790. The van der Waals surface area contributed by atoms with E-state index < -0.39 is 18.8 Å². The lowest BCUT2D eigenvalue weighted by atomic mass is 10.2. The molecule has 9 heteroatoms. The molecule has 0 fully saturated rings. The molecule has 0 bridgehead atoms. The fraction of sp³-hybridized carbons (Fsp3) is 0.462. The number of hydrogen-bond donors (Lipinski definition) is 2. The number of halogens is 3. The van der Waals surface area contributed by atoms with Crippen LogP contribution in [0.2, 0.25) is 0 Å². The largest absolute Gasteiger partial charge is 0.497 e. The number of methoxy groups -OCH3 is 1. The van der Waals surface area contributed by atoms with Crippen molar-refractivity contribution in [1.82, 2.24) is 5.48 Å².